The van der Waals surface area contributed by atoms with E-state index in [-0.39, 0.29) is 18.4 Å². The molecule has 0 spiro atoms. The third kappa shape index (κ3) is 1.38. The molecule has 2 N–H and O–H groups in total. The van der Waals surface area contributed by atoms with Crippen molar-refractivity contribution in [1.82, 2.24) is 0 Å². The Bertz CT molecular complexity index is 290. The minimum absolute atomic E-state index is 0. The van der Waals surface area contributed by atoms with Gasteiger partial charge in [-0.25, -0.2) is 0 Å². The van der Waals surface area contributed by atoms with Gasteiger partial charge in [0.25, 0.3) is 0 Å². The zero-order chi connectivity index (χ0) is 7.84. The molecule has 2 rings (SSSR count). The van der Waals surface area contributed by atoms with Crippen LogP contribution in [-0.2, 0) is 0 Å². The van der Waals surface area contributed by atoms with E-state index >= 15 is 0 Å². The molecule has 0 bridgehead atoms. The van der Waals surface area contributed by atoms with Gasteiger partial charge in [-0.1, -0.05) is 23.7 Å². The first-order valence-corrected chi connectivity index (χ1v) is 3.83. The first-order chi connectivity index (χ1) is 5.29. The van der Waals surface area contributed by atoms with Crippen molar-refractivity contribution in [3.8, 4) is 5.75 Å². The average Bonchev–Trinajstić information content (AvgIpc) is 2.35. The molecule has 1 heterocycles. The van der Waals surface area contributed by atoms with Crippen LogP contribution >= 0.6 is 24.0 Å². The topological polar surface area (TPSA) is 35.2 Å². The summed E-state index contributed by atoms with van der Waals surface area (Å²) in [4.78, 5) is 0. The first kappa shape index (κ1) is 9.65. The van der Waals surface area contributed by atoms with Gasteiger partial charge in [0.15, 0.2) is 0 Å². The fourth-order valence-electron chi connectivity index (χ4n) is 1.23. The van der Waals surface area contributed by atoms with Crippen LogP contribution in [-0.4, -0.2) is 6.61 Å². The van der Waals surface area contributed by atoms with Gasteiger partial charge in [-0.3, -0.25) is 0 Å². The van der Waals surface area contributed by atoms with E-state index in [1.165, 1.54) is 0 Å². The normalized spacial score (nSPS) is 19.3. The predicted octanol–water partition coefficient (Wildman–Crippen LogP) is 2.15. The van der Waals surface area contributed by atoms with Gasteiger partial charge >= 0.3 is 0 Å². The van der Waals surface area contributed by atoms with Gasteiger partial charge in [0.2, 0.25) is 0 Å². The standard InChI is InChI=1S/C8H8ClNO.ClH/c9-6-3-1-2-5-7(10)4-11-8(5)6;/h1-3,7H,4,10H2;1H. The number of para-hydroxylation sites is 1. The molecule has 1 aliphatic heterocycles. The van der Waals surface area contributed by atoms with E-state index in [4.69, 9.17) is 22.1 Å². The number of hydrogen-bond donors (Lipinski definition) is 1. The Morgan fingerprint density at radius 2 is 2.25 bits per heavy atom. The van der Waals surface area contributed by atoms with Crippen molar-refractivity contribution in [2.75, 3.05) is 6.61 Å². The maximum absolute atomic E-state index is 5.85. The van der Waals surface area contributed by atoms with Crippen molar-refractivity contribution in [3.63, 3.8) is 0 Å². The third-order valence-corrected chi connectivity index (χ3v) is 2.10. The number of halogens is 2. The van der Waals surface area contributed by atoms with E-state index in [1.807, 2.05) is 12.1 Å². The van der Waals surface area contributed by atoms with E-state index in [2.05, 4.69) is 0 Å². The van der Waals surface area contributed by atoms with Gasteiger partial charge in [-0.05, 0) is 6.07 Å². The van der Waals surface area contributed by atoms with Crippen molar-refractivity contribution >= 4 is 24.0 Å². The van der Waals surface area contributed by atoms with Gasteiger partial charge < -0.3 is 10.5 Å². The molecule has 0 saturated heterocycles. The summed E-state index contributed by atoms with van der Waals surface area (Å²) in [6, 6.07) is 5.62. The number of nitrogens with two attached hydrogens (primary N) is 1. The highest BCUT2D eigenvalue weighted by molar-refractivity contribution is 6.32. The molecule has 0 fully saturated rings. The second kappa shape index (κ2) is 3.52. The molecule has 2 nitrogen and oxygen atoms in total. The van der Waals surface area contributed by atoms with Crippen LogP contribution in [0, 0.1) is 0 Å². The minimum atomic E-state index is -0.0105. The smallest absolute Gasteiger partial charge is 0.142 e. The summed E-state index contributed by atoms with van der Waals surface area (Å²) in [6.07, 6.45) is 0. The molecule has 1 aliphatic rings. The van der Waals surface area contributed by atoms with E-state index in [1.54, 1.807) is 6.07 Å². The summed E-state index contributed by atoms with van der Waals surface area (Å²) in [6.45, 7) is 0.541. The Balaban J connectivity index is 0.000000720. The summed E-state index contributed by atoms with van der Waals surface area (Å²) in [7, 11) is 0. The highest BCUT2D eigenvalue weighted by Crippen LogP contribution is 2.36. The average molecular weight is 206 g/mol. The Hall–Kier alpha value is -0.440. The van der Waals surface area contributed by atoms with E-state index in [0.29, 0.717) is 11.6 Å². The van der Waals surface area contributed by atoms with Crippen LogP contribution in [0.2, 0.25) is 5.02 Å². The zero-order valence-electron chi connectivity index (χ0n) is 6.29. The van der Waals surface area contributed by atoms with Gasteiger partial charge in [0.05, 0.1) is 11.1 Å². The van der Waals surface area contributed by atoms with Crippen molar-refractivity contribution in [2.45, 2.75) is 6.04 Å². The van der Waals surface area contributed by atoms with Gasteiger partial charge in [-0.2, -0.15) is 0 Å². The highest BCUT2D eigenvalue weighted by atomic mass is 35.5. The van der Waals surface area contributed by atoms with Crippen molar-refractivity contribution in [1.29, 1.82) is 0 Å². The SMILES string of the molecule is Cl.NC1COc2c(Cl)cccc21. The molecule has 0 radical (unpaired) electrons. The summed E-state index contributed by atoms with van der Waals surface area (Å²) in [5, 5.41) is 0.649. The van der Waals surface area contributed by atoms with Gasteiger partial charge in [-0.15, -0.1) is 12.4 Å². The molecule has 1 aromatic carbocycles. The van der Waals surface area contributed by atoms with E-state index in [9.17, 15) is 0 Å². The second-order valence-electron chi connectivity index (χ2n) is 2.58. The number of benzene rings is 1. The second-order valence-corrected chi connectivity index (χ2v) is 2.98. The maximum atomic E-state index is 5.85. The molecule has 12 heavy (non-hydrogen) atoms. The molecule has 1 aromatic rings. The van der Waals surface area contributed by atoms with Crippen molar-refractivity contribution in [2.24, 2.45) is 5.73 Å². The molecule has 1 unspecified atom stereocenters. The molecule has 66 valence electrons. The lowest BCUT2D eigenvalue weighted by atomic mass is 10.1. The molecule has 0 saturated carbocycles. The highest BCUT2D eigenvalue weighted by Gasteiger charge is 2.21. The van der Waals surface area contributed by atoms with Gasteiger partial charge in [0, 0.05) is 5.56 Å². The third-order valence-electron chi connectivity index (χ3n) is 1.80. The monoisotopic (exact) mass is 205 g/mol. The summed E-state index contributed by atoms with van der Waals surface area (Å²) >= 11 is 5.85. The van der Waals surface area contributed by atoms with Crippen LogP contribution in [0.5, 0.6) is 5.75 Å². The quantitative estimate of drug-likeness (QED) is 0.705. The number of rotatable bonds is 0. The number of hydrogen-bond acceptors (Lipinski definition) is 2. The number of ether oxygens (including phenoxy) is 1. The molecule has 0 amide bonds. The predicted molar refractivity (Wildman–Crippen MR) is 51.1 cm³/mol. The zero-order valence-corrected chi connectivity index (χ0v) is 7.86. The lowest BCUT2D eigenvalue weighted by molar-refractivity contribution is 0.333. The molecular weight excluding hydrogens is 197 g/mol. The molecule has 0 aliphatic carbocycles. The molecule has 4 heteroatoms. The van der Waals surface area contributed by atoms with Crippen LogP contribution in [0.4, 0.5) is 0 Å². The lowest BCUT2D eigenvalue weighted by Crippen LogP contribution is -2.10. The fourth-order valence-corrected chi connectivity index (χ4v) is 1.47. The minimum Gasteiger partial charge on any atom is -0.490 e. The summed E-state index contributed by atoms with van der Waals surface area (Å²) in [5.41, 5.74) is 6.74. The van der Waals surface area contributed by atoms with Crippen LogP contribution in [0.1, 0.15) is 11.6 Å². The summed E-state index contributed by atoms with van der Waals surface area (Å²) < 4.78 is 5.28. The van der Waals surface area contributed by atoms with Crippen LogP contribution in [0.15, 0.2) is 18.2 Å². The van der Waals surface area contributed by atoms with Crippen LogP contribution in [0.3, 0.4) is 0 Å². The summed E-state index contributed by atoms with van der Waals surface area (Å²) in [5.74, 6) is 0.752. The Labute approximate surface area is 82.1 Å². The molecule has 1 atom stereocenters. The largest absolute Gasteiger partial charge is 0.490 e. The van der Waals surface area contributed by atoms with Gasteiger partial charge in [0.1, 0.15) is 12.4 Å². The number of fused-ring (bicyclic) bond motifs is 1. The Kier molecular flexibility index (Phi) is 2.83. The molecule has 0 aromatic heterocycles. The van der Waals surface area contributed by atoms with Crippen LogP contribution < -0.4 is 10.5 Å². The van der Waals surface area contributed by atoms with Crippen molar-refractivity contribution in [3.05, 3.63) is 28.8 Å². The van der Waals surface area contributed by atoms with Crippen molar-refractivity contribution < 1.29 is 4.74 Å². The fraction of sp³-hybridized carbons (Fsp3) is 0.250. The lowest BCUT2D eigenvalue weighted by Gasteiger charge is -2.00. The Morgan fingerprint density at radius 3 is 2.92 bits per heavy atom. The maximum Gasteiger partial charge on any atom is 0.142 e. The Morgan fingerprint density at radius 1 is 1.50 bits per heavy atom. The van der Waals surface area contributed by atoms with E-state index < -0.39 is 0 Å². The molecular formula is C8H9Cl2NO. The van der Waals surface area contributed by atoms with E-state index in [0.717, 1.165) is 11.3 Å². The van der Waals surface area contributed by atoms with Crippen LogP contribution in [0.25, 0.3) is 0 Å². The first-order valence-electron chi connectivity index (χ1n) is 3.46.